The fourth-order valence-electron chi connectivity index (χ4n) is 4.25. The van der Waals surface area contributed by atoms with E-state index in [0.717, 1.165) is 16.7 Å². The predicted octanol–water partition coefficient (Wildman–Crippen LogP) is 5.26. The van der Waals surface area contributed by atoms with Gasteiger partial charge in [-0.05, 0) is 48.1 Å². The lowest BCUT2D eigenvalue weighted by Gasteiger charge is -2.24. The molecule has 0 saturated heterocycles. The van der Waals surface area contributed by atoms with Gasteiger partial charge in [-0.25, -0.2) is 0 Å². The van der Waals surface area contributed by atoms with Gasteiger partial charge in [-0.3, -0.25) is 9.59 Å². The Kier molecular flexibility index (Phi) is 4.65. The van der Waals surface area contributed by atoms with Crippen LogP contribution in [-0.2, 0) is 0 Å². The van der Waals surface area contributed by atoms with E-state index in [-0.39, 0.29) is 17.1 Å². The second-order valence-corrected chi connectivity index (χ2v) is 8.10. The summed E-state index contributed by atoms with van der Waals surface area (Å²) < 4.78 is 6.02. The molecule has 0 spiro atoms. The maximum Gasteiger partial charge on any atom is 0.291 e. The van der Waals surface area contributed by atoms with Crippen LogP contribution in [0.1, 0.15) is 64.2 Å². The Morgan fingerprint density at radius 1 is 1.14 bits per heavy atom. The number of hydrogen-bond acceptors (Lipinski definition) is 3. The van der Waals surface area contributed by atoms with Crippen LogP contribution in [0.15, 0.2) is 58.3 Å². The highest BCUT2D eigenvalue weighted by atomic mass is 16.3. The number of carbonyl (C=O) groups excluding carboxylic acids is 1. The fraction of sp³-hybridized carbons (Fsp3) is 0.280. The highest BCUT2D eigenvalue weighted by Gasteiger charge is 2.42. The van der Waals surface area contributed by atoms with Crippen LogP contribution < -0.4 is 5.43 Å². The molecule has 0 saturated carbocycles. The lowest BCUT2D eigenvalue weighted by atomic mass is 9.94. The van der Waals surface area contributed by atoms with E-state index in [4.69, 9.17) is 4.42 Å². The highest BCUT2D eigenvalue weighted by molar-refractivity contribution is 5.99. The maximum atomic E-state index is 13.5. The first-order chi connectivity index (χ1) is 13.8. The molecule has 1 aliphatic rings. The van der Waals surface area contributed by atoms with Crippen molar-refractivity contribution in [2.75, 3.05) is 6.54 Å². The smallest absolute Gasteiger partial charge is 0.291 e. The molecule has 29 heavy (non-hydrogen) atoms. The van der Waals surface area contributed by atoms with Crippen molar-refractivity contribution in [2.24, 2.45) is 0 Å². The largest absolute Gasteiger partial charge is 0.450 e. The molecule has 1 amide bonds. The molecule has 2 heterocycles. The summed E-state index contributed by atoms with van der Waals surface area (Å²) in [7, 11) is 0. The Labute approximate surface area is 170 Å². The Morgan fingerprint density at radius 3 is 2.45 bits per heavy atom. The monoisotopic (exact) mass is 387 g/mol. The first kappa shape index (κ1) is 19.2. The summed E-state index contributed by atoms with van der Waals surface area (Å²) in [6.45, 7) is 12.3. The van der Waals surface area contributed by atoms with Crippen LogP contribution in [0.5, 0.6) is 0 Å². The van der Waals surface area contributed by atoms with Crippen molar-refractivity contribution in [3.63, 3.8) is 0 Å². The van der Waals surface area contributed by atoms with Gasteiger partial charge in [0, 0.05) is 6.54 Å². The molecule has 1 aliphatic heterocycles. The van der Waals surface area contributed by atoms with Crippen molar-refractivity contribution in [1.29, 1.82) is 0 Å². The third kappa shape index (κ3) is 3.00. The van der Waals surface area contributed by atoms with Crippen LogP contribution in [0, 0.1) is 13.8 Å². The van der Waals surface area contributed by atoms with Gasteiger partial charge in [-0.15, -0.1) is 6.58 Å². The molecule has 4 heteroatoms. The number of benzene rings is 2. The molecule has 1 aromatic heterocycles. The predicted molar refractivity (Wildman–Crippen MR) is 116 cm³/mol. The highest BCUT2D eigenvalue weighted by Crippen LogP contribution is 2.38. The molecule has 0 N–H and O–H groups in total. The van der Waals surface area contributed by atoms with Crippen molar-refractivity contribution in [2.45, 2.75) is 39.7 Å². The SMILES string of the molecule is C=CCN1C(=O)c2oc3cc(C)cc(C)c3c(=O)c2C1c1ccc(C(C)C)cc1. The molecule has 0 bridgehead atoms. The van der Waals surface area contributed by atoms with E-state index >= 15 is 0 Å². The van der Waals surface area contributed by atoms with E-state index in [1.807, 2.05) is 38.1 Å². The van der Waals surface area contributed by atoms with Crippen LogP contribution >= 0.6 is 0 Å². The topological polar surface area (TPSA) is 50.5 Å². The summed E-state index contributed by atoms with van der Waals surface area (Å²) in [4.78, 5) is 28.4. The van der Waals surface area contributed by atoms with Crippen molar-refractivity contribution in [3.05, 3.63) is 92.9 Å². The molecule has 3 aromatic rings. The van der Waals surface area contributed by atoms with Gasteiger partial charge in [0.2, 0.25) is 5.76 Å². The average molecular weight is 387 g/mol. The van der Waals surface area contributed by atoms with E-state index in [0.29, 0.717) is 29.0 Å². The van der Waals surface area contributed by atoms with Gasteiger partial charge >= 0.3 is 0 Å². The standard InChI is InChI=1S/C25H25NO3/c1-6-11-26-22(18-9-7-17(8-10-18)14(2)3)21-23(27)20-16(5)12-15(4)13-19(20)29-24(21)25(26)28/h6-10,12-14,22H,1,11H2,2-5H3. The molecule has 1 atom stereocenters. The van der Waals surface area contributed by atoms with E-state index in [2.05, 4.69) is 32.6 Å². The Hall–Kier alpha value is -3.14. The minimum Gasteiger partial charge on any atom is -0.450 e. The van der Waals surface area contributed by atoms with Crippen LogP contribution in [0.25, 0.3) is 11.0 Å². The van der Waals surface area contributed by atoms with Gasteiger partial charge in [-0.1, -0.05) is 50.3 Å². The number of rotatable bonds is 4. The van der Waals surface area contributed by atoms with Crippen molar-refractivity contribution >= 4 is 16.9 Å². The number of hydrogen-bond donors (Lipinski definition) is 0. The van der Waals surface area contributed by atoms with Gasteiger partial charge in [0.25, 0.3) is 5.91 Å². The fourth-order valence-corrected chi connectivity index (χ4v) is 4.25. The quantitative estimate of drug-likeness (QED) is 0.574. The van der Waals surface area contributed by atoms with Gasteiger partial charge in [0.15, 0.2) is 5.43 Å². The van der Waals surface area contributed by atoms with Gasteiger partial charge < -0.3 is 9.32 Å². The summed E-state index contributed by atoms with van der Waals surface area (Å²) in [6, 6.07) is 11.4. The zero-order valence-corrected chi connectivity index (χ0v) is 17.3. The number of amides is 1. The molecular formula is C25H25NO3. The number of fused-ring (bicyclic) bond motifs is 2. The summed E-state index contributed by atoms with van der Waals surface area (Å²) in [5.41, 5.74) is 4.73. The van der Waals surface area contributed by atoms with E-state index in [1.54, 1.807) is 11.0 Å². The van der Waals surface area contributed by atoms with Crippen LogP contribution in [-0.4, -0.2) is 17.4 Å². The number of carbonyl (C=O) groups is 1. The molecule has 0 radical (unpaired) electrons. The lowest BCUT2D eigenvalue weighted by Crippen LogP contribution is -2.29. The average Bonchev–Trinajstić information content (AvgIpc) is 2.94. The summed E-state index contributed by atoms with van der Waals surface area (Å²) in [5, 5.41) is 0.548. The lowest BCUT2D eigenvalue weighted by molar-refractivity contribution is 0.0748. The Balaban J connectivity index is 1.99. The maximum absolute atomic E-state index is 13.5. The zero-order valence-electron chi connectivity index (χ0n) is 17.3. The summed E-state index contributed by atoms with van der Waals surface area (Å²) in [5.74, 6) is 0.286. The minimum absolute atomic E-state index is 0.128. The van der Waals surface area contributed by atoms with Crippen LogP contribution in [0.3, 0.4) is 0 Å². The number of nitrogens with zero attached hydrogens (tertiary/aromatic N) is 1. The Morgan fingerprint density at radius 2 is 1.83 bits per heavy atom. The van der Waals surface area contributed by atoms with Crippen LogP contribution in [0.4, 0.5) is 0 Å². The molecule has 0 aliphatic carbocycles. The third-order valence-corrected chi connectivity index (χ3v) is 5.66. The van der Waals surface area contributed by atoms with Crippen molar-refractivity contribution in [1.82, 2.24) is 4.90 Å². The second kappa shape index (κ2) is 7.03. The second-order valence-electron chi connectivity index (χ2n) is 8.10. The first-order valence-electron chi connectivity index (χ1n) is 9.93. The first-order valence-corrected chi connectivity index (χ1v) is 9.93. The molecule has 4 nitrogen and oxygen atoms in total. The summed E-state index contributed by atoms with van der Waals surface area (Å²) >= 11 is 0. The summed E-state index contributed by atoms with van der Waals surface area (Å²) in [6.07, 6.45) is 1.68. The van der Waals surface area contributed by atoms with Gasteiger partial charge in [-0.2, -0.15) is 0 Å². The normalized spacial score (nSPS) is 16.0. The molecule has 0 fully saturated rings. The van der Waals surface area contributed by atoms with E-state index < -0.39 is 6.04 Å². The molecule has 148 valence electrons. The number of aryl methyl sites for hydroxylation is 2. The van der Waals surface area contributed by atoms with Crippen LogP contribution in [0.2, 0.25) is 0 Å². The Bertz CT molecular complexity index is 1190. The molecule has 4 rings (SSSR count). The molecule has 2 aromatic carbocycles. The zero-order chi connectivity index (χ0) is 20.9. The minimum atomic E-state index is -0.474. The third-order valence-electron chi connectivity index (χ3n) is 5.66. The van der Waals surface area contributed by atoms with E-state index in [1.165, 1.54) is 5.56 Å². The van der Waals surface area contributed by atoms with Gasteiger partial charge in [0.05, 0.1) is 17.0 Å². The van der Waals surface area contributed by atoms with Crippen molar-refractivity contribution < 1.29 is 9.21 Å². The molecular weight excluding hydrogens is 362 g/mol. The van der Waals surface area contributed by atoms with E-state index in [9.17, 15) is 9.59 Å². The van der Waals surface area contributed by atoms with Crippen molar-refractivity contribution in [3.8, 4) is 0 Å². The molecule has 1 unspecified atom stereocenters. The van der Waals surface area contributed by atoms with Gasteiger partial charge in [0.1, 0.15) is 5.58 Å².